The summed E-state index contributed by atoms with van der Waals surface area (Å²) in [7, 11) is 0. The number of hydrogen-bond acceptors (Lipinski definition) is 4. The van der Waals surface area contributed by atoms with Crippen molar-refractivity contribution in [3.63, 3.8) is 0 Å². The van der Waals surface area contributed by atoms with Crippen molar-refractivity contribution < 1.29 is 24.2 Å². The normalized spacial score (nSPS) is 16.2. The lowest BCUT2D eigenvalue weighted by Gasteiger charge is -2.12. The van der Waals surface area contributed by atoms with Gasteiger partial charge in [0.15, 0.2) is 0 Å². The molecule has 8 heteroatoms. The van der Waals surface area contributed by atoms with Gasteiger partial charge >= 0.3 is 12.0 Å². The molecule has 3 amide bonds. The molecule has 0 spiro atoms. The first-order chi connectivity index (χ1) is 12.0. The lowest BCUT2D eigenvalue weighted by atomic mass is 10.2. The predicted molar refractivity (Wildman–Crippen MR) is 91.2 cm³/mol. The van der Waals surface area contributed by atoms with Crippen LogP contribution in [0.1, 0.15) is 31.2 Å². The van der Waals surface area contributed by atoms with Crippen LogP contribution < -0.4 is 16.0 Å². The Labute approximate surface area is 145 Å². The molecule has 0 bridgehead atoms. The van der Waals surface area contributed by atoms with E-state index in [-0.39, 0.29) is 18.4 Å². The summed E-state index contributed by atoms with van der Waals surface area (Å²) < 4.78 is 5.34. The zero-order valence-corrected chi connectivity index (χ0v) is 13.9. The molecule has 0 aliphatic carbocycles. The molecule has 1 fully saturated rings. The van der Waals surface area contributed by atoms with Crippen molar-refractivity contribution in [2.75, 3.05) is 18.5 Å². The monoisotopic (exact) mass is 349 g/mol. The first-order valence-corrected chi connectivity index (χ1v) is 8.29. The average Bonchev–Trinajstić information content (AvgIpc) is 3.12. The van der Waals surface area contributed by atoms with E-state index in [0.29, 0.717) is 31.8 Å². The highest BCUT2D eigenvalue weighted by Crippen LogP contribution is 2.16. The maximum Gasteiger partial charge on any atom is 0.315 e. The van der Waals surface area contributed by atoms with Gasteiger partial charge in [-0.25, -0.2) is 4.79 Å². The van der Waals surface area contributed by atoms with Crippen LogP contribution in [0.3, 0.4) is 0 Å². The highest BCUT2D eigenvalue weighted by atomic mass is 16.5. The summed E-state index contributed by atoms with van der Waals surface area (Å²) in [5.41, 5.74) is 1.49. The molecule has 1 aliphatic rings. The minimum Gasteiger partial charge on any atom is -0.481 e. The summed E-state index contributed by atoms with van der Waals surface area (Å²) in [6, 6.07) is 6.85. The van der Waals surface area contributed by atoms with Crippen molar-refractivity contribution in [2.45, 2.75) is 38.3 Å². The number of hydrogen-bond donors (Lipinski definition) is 4. The maximum absolute atomic E-state index is 12.0. The van der Waals surface area contributed by atoms with Crippen LogP contribution in [0.4, 0.5) is 10.5 Å². The minimum absolute atomic E-state index is 0.0206. The molecule has 0 aromatic heterocycles. The second kappa shape index (κ2) is 9.63. The molecule has 1 aromatic carbocycles. The highest BCUT2D eigenvalue weighted by Gasteiger charge is 2.23. The molecule has 136 valence electrons. The number of aliphatic carboxylic acids is 1. The van der Waals surface area contributed by atoms with E-state index in [0.717, 1.165) is 18.4 Å². The van der Waals surface area contributed by atoms with Crippen LogP contribution in [-0.4, -0.2) is 42.3 Å². The van der Waals surface area contributed by atoms with Crippen LogP contribution in [0.25, 0.3) is 0 Å². The smallest absolute Gasteiger partial charge is 0.315 e. The molecular formula is C17H23N3O5. The molecule has 1 heterocycles. The number of carbonyl (C=O) groups is 3. The van der Waals surface area contributed by atoms with Crippen LogP contribution in [-0.2, 0) is 20.9 Å². The fraction of sp³-hybridized carbons (Fsp3) is 0.471. The van der Waals surface area contributed by atoms with Crippen molar-refractivity contribution in [1.82, 2.24) is 10.6 Å². The summed E-state index contributed by atoms with van der Waals surface area (Å²) in [6.07, 6.45) is 1.64. The first kappa shape index (κ1) is 18.7. The molecule has 1 atom stereocenters. The van der Waals surface area contributed by atoms with E-state index in [9.17, 15) is 14.4 Å². The van der Waals surface area contributed by atoms with Crippen LogP contribution in [0, 0.1) is 0 Å². The Morgan fingerprint density at radius 3 is 2.80 bits per heavy atom. The molecule has 25 heavy (non-hydrogen) atoms. The Kier molecular flexibility index (Phi) is 7.21. The van der Waals surface area contributed by atoms with Crippen molar-refractivity contribution in [2.24, 2.45) is 0 Å². The number of carboxylic acid groups (broad SMARTS) is 1. The largest absolute Gasteiger partial charge is 0.481 e. The predicted octanol–water partition coefficient (Wildman–Crippen LogP) is 1.47. The summed E-state index contributed by atoms with van der Waals surface area (Å²) >= 11 is 0. The molecule has 0 saturated carbocycles. The Bertz CT molecular complexity index is 614. The topological polar surface area (TPSA) is 117 Å². The van der Waals surface area contributed by atoms with Crippen molar-refractivity contribution in [1.29, 1.82) is 0 Å². The van der Waals surface area contributed by atoms with Crippen LogP contribution in [0.5, 0.6) is 0 Å². The van der Waals surface area contributed by atoms with Gasteiger partial charge in [0.1, 0.15) is 6.10 Å². The second-order valence-electron chi connectivity index (χ2n) is 5.80. The average molecular weight is 349 g/mol. The number of nitrogens with one attached hydrogen (secondary N) is 3. The van der Waals surface area contributed by atoms with E-state index in [1.165, 1.54) is 0 Å². The Morgan fingerprint density at radius 2 is 2.08 bits per heavy atom. The van der Waals surface area contributed by atoms with E-state index in [4.69, 9.17) is 9.84 Å². The summed E-state index contributed by atoms with van der Waals surface area (Å²) in [6.45, 7) is 1.22. The van der Waals surface area contributed by atoms with E-state index in [1.807, 2.05) is 6.07 Å². The third-order valence-electron chi connectivity index (χ3n) is 3.72. The van der Waals surface area contributed by atoms with Crippen LogP contribution in [0.2, 0.25) is 0 Å². The second-order valence-corrected chi connectivity index (χ2v) is 5.80. The number of urea groups is 1. The highest BCUT2D eigenvalue weighted by molar-refractivity contribution is 5.94. The minimum atomic E-state index is -0.885. The maximum atomic E-state index is 12.0. The molecule has 1 aromatic rings. The number of benzene rings is 1. The molecule has 1 aliphatic heterocycles. The van der Waals surface area contributed by atoms with Gasteiger partial charge in [-0.1, -0.05) is 12.1 Å². The molecule has 8 nitrogen and oxygen atoms in total. The van der Waals surface area contributed by atoms with Gasteiger partial charge in [0.25, 0.3) is 5.91 Å². The number of anilines is 1. The third kappa shape index (κ3) is 6.80. The van der Waals surface area contributed by atoms with Gasteiger partial charge in [-0.15, -0.1) is 0 Å². The Hall–Kier alpha value is -2.61. The SMILES string of the molecule is O=C(O)CCCNC(=O)NCc1cccc(NC(=O)C2CCCO2)c1. The zero-order chi connectivity index (χ0) is 18.1. The molecule has 1 unspecified atom stereocenters. The van der Waals surface area contributed by atoms with Gasteiger partial charge in [0.05, 0.1) is 0 Å². The van der Waals surface area contributed by atoms with E-state index in [2.05, 4.69) is 16.0 Å². The van der Waals surface area contributed by atoms with Crippen molar-refractivity contribution >= 4 is 23.6 Å². The van der Waals surface area contributed by atoms with E-state index in [1.54, 1.807) is 18.2 Å². The number of carboxylic acids is 1. The summed E-state index contributed by atoms with van der Waals surface area (Å²) in [5.74, 6) is -1.04. The van der Waals surface area contributed by atoms with Gasteiger partial charge in [-0.2, -0.15) is 0 Å². The molecule has 2 rings (SSSR count). The molecular weight excluding hydrogens is 326 g/mol. The third-order valence-corrected chi connectivity index (χ3v) is 3.72. The van der Waals surface area contributed by atoms with Gasteiger partial charge in [-0.05, 0) is 37.0 Å². The van der Waals surface area contributed by atoms with Crippen molar-refractivity contribution in [3.05, 3.63) is 29.8 Å². The number of carbonyl (C=O) groups excluding carboxylic acids is 2. The summed E-state index contributed by atoms with van der Waals surface area (Å²) in [5, 5.41) is 16.6. The lowest BCUT2D eigenvalue weighted by molar-refractivity contribution is -0.137. The quantitative estimate of drug-likeness (QED) is 0.530. The van der Waals surface area contributed by atoms with Gasteiger partial charge in [-0.3, -0.25) is 9.59 Å². The fourth-order valence-corrected chi connectivity index (χ4v) is 2.45. The van der Waals surface area contributed by atoms with Gasteiger partial charge in [0.2, 0.25) is 0 Å². The van der Waals surface area contributed by atoms with Crippen molar-refractivity contribution in [3.8, 4) is 0 Å². The Morgan fingerprint density at radius 1 is 1.24 bits per heavy atom. The van der Waals surface area contributed by atoms with E-state index >= 15 is 0 Å². The van der Waals surface area contributed by atoms with E-state index < -0.39 is 12.1 Å². The molecule has 0 radical (unpaired) electrons. The summed E-state index contributed by atoms with van der Waals surface area (Å²) in [4.78, 5) is 34.1. The fourth-order valence-electron chi connectivity index (χ4n) is 2.45. The Balaban J connectivity index is 1.74. The van der Waals surface area contributed by atoms with Gasteiger partial charge in [0, 0.05) is 31.8 Å². The number of rotatable bonds is 8. The first-order valence-electron chi connectivity index (χ1n) is 8.29. The number of ether oxygens (including phenoxy) is 1. The zero-order valence-electron chi connectivity index (χ0n) is 13.9. The van der Waals surface area contributed by atoms with Crippen LogP contribution >= 0.6 is 0 Å². The standard InChI is InChI=1S/C17H23N3O5/c21-15(22)7-2-8-18-17(24)19-11-12-4-1-5-13(10-12)20-16(23)14-6-3-9-25-14/h1,4-5,10,14H,2-3,6-9,11H2,(H,20,23)(H,21,22)(H2,18,19,24). The molecule has 4 N–H and O–H groups in total. The molecule has 1 saturated heterocycles. The lowest BCUT2D eigenvalue weighted by Crippen LogP contribution is -2.35. The van der Waals surface area contributed by atoms with Gasteiger partial charge < -0.3 is 25.8 Å². The van der Waals surface area contributed by atoms with Crippen LogP contribution in [0.15, 0.2) is 24.3 Å². The number of amides is 3.